The second-order valence-electron chi connectivity index (χ2n) is 12.1. The Morgan fingerprint density at radius 3 is 2.56 bits per heavy atom. The minimum atomic E-state index is -0.132. The number of hydrogen-bond donors (Lipinski definition) is 1. The molecule has 6 heteroatoms. The highest BCUT2D eigenvalue weighted by molar-refractivity contribution is 5.94. The van der Waals surface area contributed by atoms with Crippen LogP contribution >= 0.6 is 0 Å². The van der Waals surface area contributed by atoms with Crippen LogP contribution < -0.4 is 5.32 Å². The predicted octanol–water partition coefficient (Wildman–Crippen LogP) is 5.67. The van der Waals surface area contributed by atoms with E-state index in [1.54, 1.807) is 0 Å². The zero-order valence-corrected chi connectivity index (χ0v) is 21.0. The van der Waals surface area contributed by atoms with Gasteiger partial charge in [-0.3, -0.25) is 4.79 Å². The van der Waals surface area contributed by atoms with Gasteiger partial charge in [0.25, 0.3) is 0 Å². The number of carbonyl (C=O) groups is 1. The van der Waals surface area contributed by atoms with E-state index in [9.17, 15) is 4.79 Å². The van der Waals surface area contributed by atoms with E-state index in [4.69, 9.17) is 14.9 Å². The number of hydrogen-bond acceptors (Lipinski definition) is 4. The van der Waals surface area contributed by atoms with Crippen LogP contribution in [0.25, 0.3) is 0 Å². The van der Waals surface area contributed by atoms with E-state index in [1.807, 2.05) is 6.07 Å². The van der Waals surface area contributed by atoms with Gasteiger partial charge in [-0.05, 0) is 82.3 Å². The van der Waals surface area contributed by atoms with E-state index in [2.05, 4.69) is 49.7 Å². The Morgan fingerprint density at radius 1 is 1.18 bits per heavy atom. The van der Waals surface area contributed by atoms with E-state index < -0.39 is 0 Å². The summed E-state index contributed by atoms with van der Waals surface area (Å²) in [5.41, 5.74) is 3.08. The highest BCUT2D eigenvalue weighted by Gasteiger charge is 2.58. The Hall–Kier alpha value is -2.21. The molecule has 1 N–H and O–H groups in total. The summed E-state index contributed by atoms with van der Waals surface area (Å²) < 4.78 is 8.35. The van der Waals surface area contributed by atoms with Crippen molar-refractivity contribution in [1.29, 1.82) is 0 Å². The van der Waals surface area contributed by atoms with Gasteiger partial charge in [-0.15, -0.1) is 10.2 Å². The van der Waals surface area contributed by atoms with Crippen LogP contribution in [0.3, 0.4) is 0 Å². The van der Waals surface area contributed by atoms with Gasteiger partial charge in [0, 0.05) is 23.6 Å². The zero-order chi connectivity index (χ0) is 23.6. The third-order valence-corrected chi connectivity index (χ3v) is 8.60. The fourth-order valence-electron chi connectivity index (χ4n) is 6.59. The summed E-state index contributed by atoms with van der Waals surface area (Å²) in [6, 6.07) is 6.71. The van der Waals surface area contributed by atoms with Gasteiger partial charge in [0.05, 0.1) is 18.1 Å². The fraction of sp³-hybridized carbons (Fsp3) is 0.679. The third-order valence-electron chi connectivity index (χ3n) is 8.60. The van der Waals surface area contributed by atoms with E-state index in [0.29, 0.717) is 12.0 Å². The second kappa shape index (κ2) is 8.18. The van der Waals surface area contributed by atoms with Crippen LogP contribution in [-0.4, -0.2) is 32.9 Å². The molecule has 1 unspecified atom stereocenters. The standard InChI is InChI=1S/C28H38N4O2/c1-16(2)9-19-11-20(12-19)25-30-31-26(32(25)21-6-7-21)22-13-28(15-34-28)14-23(22)27(33)29-24-8-5-17(3)10-18(24)4/h5,8,10,16,19-23H,6-7,9,11-15H2,1-4H3,(H,29,33)/t19?,20?,22-,23-,28?/m0/s1. The highest BCUT2D eigenvalue weighted by Crippen LogP contribution is 2.55. The lowest BCUT2D eigenvalue weighted by Crippen LogP contribution is -2.28. The van der Waals surface area contributed by atoms with Crippen molar-refractivity contribution in [3.05, 3.63) is 41.0 Å². The molecule has 1 aromatic carbocycles. The number of amides is 1. The zero-order valence-electron chi connectivity index (χ0n) is 21.0. The van der Waals surface area contributed by atoms with Crippen molar-refractivity contribution in [2.24, 2.45) is 17.8 Å². The van der Waals surface area contributed by atoms with Gasteiger partial charge in [-0.25, -0.2) is 0 Å². The van der Waals surface area contributed by atoms with Crippen molar-refractivity contribution in [3.63, 3.8) is 0 Å². The van der Waals surface area contributed by atoms with Crippen LogP contribution in [0.2, 0.25) is 0 Å². The number of aryl methyl sites for hydroxylation is 2. The average molecular weight is 463 g/mol. The van der Waals surface area contributed by atoms with Crippen molar-refractivity contribution in [3.8, 4) is 0 Å². The molecule has 2 heterocycles. The number of benzene rings is 1. The Labute approximate surface area is 202 Å². The largest absolute Gasteiger partial charge is 0.370 e. The molecule has 6 nitrogen and oxygen atoms in total. The molecule has 1 aliphatic heterocycles. The van der Waals surface area contributed by atoms with Crippen molar-refractivity contribution >= 4 is 11.6 Å². The lowest BCUT2D eigenvalue weighted by atomic mass is 9.71. The monoisotopic (exact) mass is 462 g/mol. The topological polar surface area (TPSA) is 72.3 Å². The van der Waals surface area contributed by atoms with E-state index in [-0.39, 0.29) is 23.3 Å². The molecular weight excluding hydrogens is 424 g/mol. The maximum Gasteiger partial charge on any atom is 0.228 e. The first kappa shape index (κ1) is 22.3. The van der Waals surface area contributed by atoms with Crippen LogP contribution in [0, 0.1) is 31.6 Å². The molecule has 1 spiro atoms. The van der Waals surface area contributed by atoms with Crippen molar-refractivity contribution < 1.29 is 9.53 Å². The van der Waals surface area contributed by atoms with Gasteiger partial charge in [-0.2, -0.15) is 0 Å². The number of epoxide rings is 1. The molecule has 1 amide bonds. The first-order valence-electron chi connectivity index (χ1n) is 13.3. The molecular formula is C28H38N4O2. The number of nitrogens with zero attached hydrogens (tertiary/aromatic N) is 3. The Morgan fingerprint density at radius 2 is 1.91 bits per heavy atom. The van der Waals surface area contributed by atoms with Gasteiger partial charge in [0.2, 0.25) is 5.91 Å². The number of nitrogens with one attached hydrogen (secondary N) is 1. The van der Waals surface area contributed by atoms with Crippen molar-refractivity contribution in [2.75, 3.05) is 11.9 Å². The molecule has 0 radical (unpaired) electrons. The minimum absolute atomic E-state index is 0.0710. The lowest BCUT2D eigenvalue weighted by molar-refractivity contribution is -0.120. The molecule has 3 aliphatic carbocycles. The molecule has 34 heavy (non-hydrogen) atoms. The first-order valence-corrected chi connectivity index (χ1v) is 13.3. The molecule has 0 bridgehead atoms. The van der Waals surface area contributed by atoms with E-state index in [1.165, 1.54) is 43.5 Å². The number of rotatable bonds is 7. The van der Waals surface area contributed by atoms with Gasteiger partial charge in [-0.1, -0.05) is 31.5 Å². The number of ether oxygens (including phenoxy) is 1. The SMILES string of the molecule is Cc1ccc(NC(=O)[C@H]2CC3(CO3)C[C@@H]2c2nnc(C3CC(CC(C)C)C3)n2C2CC2)c(C)c1. The summed E-state index contributed by atoms with van der Waals surface area (Å²) >= 11 is 0. The van der Waals surface area contributed by atoms with Crippen LogP contribution in [0.15, 0.2) is 18.2 Å². The Bertz CT molecular complexity index is 1090. The van der Waals surface area contributed by atoms with Gasteiger partial charge >= 0.3 is 0 Å². The molecule has 1 aromatic heterocycles. The van der Waals surface area contributed by atoms with Crippen molar-refractivity contribution in [1.82, 2.24) is 14.8 Å². The van der Waals surface area contributed by atoms with Crippen LogP contribution in [0.1, 0.15) is 99.4 Å². The molecule has 1 saturated heterocycles. The number of carbonyl (C=O) groups excluding carboxylic acids is 1. The maximum atomic E-state index is 13.6. The van der Waals surface area contributed by atoms with Gasteiger partial charge < -0.3 is 14.6 Å². The molecule has 6 rings (SSSR count). The molecule has 4 fully saturated rings. The molecule has 3 atom stereocenters. The molecule has 2 aromatic rings. The fourth-order valence-corrected chi connectivity index (χ4v) is 6.59. The lowest BCUT2D eigenvalue weighted by Gasteiger charge is -2.36. The molecule has 4 aliphatic rings. The van der Waals surface area contributed by atoms with Gasteiger partial charge in [0.15, 0.2) is 0 Å². The smallest absolute Gasteiger partial charge is 0.228 e. The van der Waals surface area contributed by atoms with Crippen LogP contribution in [0.5, 0.6) is 0 Å². The summed E-state index contributed by atoms with van der Waals surface area (Å²) in [6.45, 7) is 9.53. The highest BCUT2D eigenvalue weighted by atomic mass is 16.6. The van der Waals surface area contributed by atoms with Crippen LogP contribution in [0.4, 0.5) is 5.69 Å². The molecule has 3 saturated carbocycles. The van der Waals surface area contributed by atoms with E-state index >= 15 is 0 Å². The summed E-state index contributed by atoms with van der Waals surface area (Å²) in [5.74, 6) is 4.37. The summed E-state index contributed by atoms with van der Waals surface area (Å²) in [6.07, 6.45) is 7.84. The summed E-state index contributed by atoms with van der Waals surface area (Å²) in [5, 5.41) is 12.8. The Balaban J connectivity index is 1.25. The normalized spacial score (nSPS) is 32.3. The van der Waals surface area contributed by atoms with Crippen molar-refractivity contribution in [2.45, 2.75) is 96.1 Å². The molecule has 182 valence electrons. The maximum absolute atomic E-state index is 13.6. The predicted molar refractivity (Wildman–Crippen MR) is 132 cm³/mol. The second-order valence-corrected chi connectivity index (χ2v) is 12.1. The van der Waals surface area contributed by atoms with Crippen LogP contribution in [-0.2, 0) is 9.53 Å². The number of anilines is 1. The Kier molecular flexibility index (Phi) is 5.36. The summed E-state index contributed by atoms with van der Waals surface area (Å²) in [7, 11) is 0. The first-order chi connectivity index (χ1) is 16.3. The number of aromatic nitrogens is 3. The minimum Gasteiger partial charge on any atom is -0.370 e. The quantitative estimate of drug-likeness (QED) is 0.538. The average Bonchev–Trinajstić information content (AvgIpc) is 3.65. The van der Waals surface area contributed by atoms with E-state index in [0.717, 1.165) is 48.4 Å². The summed E-state index contributed by atoms with van der Waals surface area (Å²) in [4.78, 5) is 13.6. The van der Waals surface area contributed by atoms with Gasteiger partial charge in [0.1, 0.15) is 11.6 Å². The third kappa shape index (κ3) is 4.08.